The zero-order chi connectivity index (χ0) is 13.1. The molecule has 0 aliphatic rings. The molecule has 9 heteroatoms. The first kappa shape index (κ1) is 15.2. The Balaban J connectivity index is 5.01. The molecule has 0 heterocycles. The lowest BCUT2D eigenvalue weighted by Gasteiger charge is -2.25. The molecule has 0 aliphatic heterocycles. The average molecular weight is 263 g/mol. The van der Waals surface area contributed by atoms with E-state index in [0.29, 0.717) is 0 Å². The van der Waals surface area contributed by atoms with E-state index in [1.165, 1.54) is 13.8 Å². The molecule has 96 valence electrons. The maximum atomic E-state index is 12.2. The number of rotatable bonds is 5. The van der Waals surface area contributed by atoms with E-state index in [1.807, 2.05) is 0 Å². The van der Waals surface area contributed by atoms with Crippen LogP contribution in [0.3, 0.4) is 0 Å². The number of carboxylic acid groups (broad SMARTS) is 1. The number of hydrogen-bond acceptors (Lipinski definition) is 3. The van der Waals surface area contributed by atoms with Gasteiger partial charge in [0.15, 0.2) is 0 Å². The Morgan fingerprint density at radius 3 is 2.06 bits per heavy atom. The molecule has 1 N–H and O–H groups in total. The van der Waals surface area contributed by atoms with Crippen LogP contribution in [0.5, 0.6) is 0 Å². The maximum Gasteiger partial charge on any atom is 0.511 e. The van der Waals surface area contributed by atoms with Crippen LogP contribution in [0.25, 0.3) is 0 Å². The van der Waals surface area contributed by atoms with Crippen molar-refractivity contribution in [3.8, 4) is 0 Å². The fourth-order valence-corrected chi connectivity index (χ4v) is 2.15. The third-order valence-corrected chi connectivity index (χ3v) is 3.53. The first-order valence-corrected chi connectivity index (χ1v) is 5.74. The molecule has 0 rings (SSSR count). The van der Waals surface area contributed by atoms with Crippen LogP contribution in [0.2, 0.25) is 0 Å². The highest BCUT2D eigenvalue weighted by molar-refractivity contribution is 7.90. The zero-order valence-electron chi connectivity index (χ0n) is 8.65. The third-order valence-electron chi connectivity index (χ3n) is 1.72. The number of carbonyl (C=O) groups is 1. The van der Waals surface area contributed by atoms with Crippen molar-refractivity contribution >= 4 is 16.0 Å². The van der Waals surface area contributed by atoms with Gasteiger partial charge in [-0.2, -0.15) is 17.5 Å². The van der Waals surface area contributed by atoms with E-state index in [4.69, 9.17) is 5.11 Å². The van der Waals surface area contributed by atoms with E-state index >= 15 is 0 Å². The van der Waals surface area contributed by atoms with Crippen LogP contribution >= 0.6 is 0 Å². The highest BCUT2D eigenvalue weighted by Crippen LogP contribution is 2.28. The summed E-state index contributed by atoms with van der Waals surface area (Å²) in [5.74, 6) is -1.36. The lowest BCUT2D eigenvalue weighted by atomic mass is 10.3. The fourth-order valence-electron chi connectivity index (χ4n) is 0.995. The van der Waals surface area contributed by atoms with E-state index in [1.54, 1.807) is 0 Å². The lowest BCUT2D eigenvalue weighted by Crippen LogP contribution is -2.45. The summed E-state index contributed by atoms with van der Waals surface area (Å²) < 4.78 is 58.7. The first-order valence-electron chi connectivity index (χ1n) is 4.30. The summed E-state index contributed by atoms with van der Waals surface area (Å²) in [5.41, 5.74) is -5.41. The Kier molecular flexibility index (Phi) is 4.74. The molecule has 0 saturated carbocycles. The molecule has 0 amide bonds. The van der Waals surface area contributed by atoms with Gasteiger partial charge < -0.3 is 5.11 Å². The SMILES string of the molecule is CC(C)N(CCC(=O)O)S(=O)(=O)C(F)(F)F. The predicted molar refractivity (Wildman–Crippen MR) is 49.1 cm³/mol. The Hall–Kier alpha value is -0.830. The number of alkyl halides is 3. The largest absolute Gasteiger partial charge is 0.511 e. The third kappa shape index (κ3) is 3.63. The van der Waals surface area contributed by atoms with Crippen LogP contribution in [0.1, 0.15) is 20.3 Å². The van der Waals surface area contributed by atoms with E-state index in [0.717, 1.165) is 0 Å². The molecule has 0 bridgehead atoms. The minimum atomic E-state index is -5.46. The second kappa shape index (κ2) is 5.00. The van der Waals surface area contributed by atoms with Gasteiger partial charge in [-0.3, -0.25) is 4.79 Å². The van der Waals surface area contributed by atoms with Crippen LogP contribution in [0.4, 0.5) is 13.2 Å². The van der Waals surface area contributed by atoms with Crippen LogP contribution in [0, 0.1) is 0 Å². The molecular formula is C7H12F3NO4S. The summed E-state index contributed by atoms with van der Waals surface area (Å²) in [6.07, 6.45) is -0.673. The van der Waals surface area contributed by atoms with Crippen molar-refractivity contribution in [1.82, 2.24) is 4.31 Å². The second-order valence-electron chi connectivity index (χ2n) is 3.30. The van der Waals surface area contributed by atoms with E-state index in [9.17, 15) is 26.4 Å². The predicted octanol–water partition coefficient (Wildman–Crippen LogP) is 1.02. The number of aliphatic carboxylic acids is 1. The summed E-state index contributed by atoms with van der Waals surface area (Å²) in [6.45, 7) is 1.78. The zero-order valence-corrected chi connectivity index (χ0v) is 9.47. The second-order valence-corrected chi connectivity index (χ2v) is 5.18. The van der Waals surface area contributed by atoms with Gasteiger partial charge in [-0.25, -0.2) is 8.42 Å². The molecular weight excluding hydrogens is 251 g/mol. The van der Waals surface area contributed by atoms with Crippen molar-refractivity contribution in [2.75, 3.05) is 6.54 Å². The topological polar surface area (TPSA) is 74.7 Å². The molecule has 5 nitrogen and oxygen atoms in total. The van der Waals surface area contributed by atoms with Crippen LogP contribution in [-0.4, -0.2) is 41.9 Å². The van der Waals surface area contributed by atoms with Crippen molar-refractivity contribution in [3.63, 3.8) is 0 Å². The Morgan fingerprint density at radius 1 is 1.38 bits per heavy atom. The van der Waals surface area contributed by atoms with E-state index in [-0.39, 0.29) is 4.31 Å². The summed E-state index contributed by atoms with van der Waals surface area (Å²) >= 11 is 0. The van der Waals surface area contributed by atoms with Crippen LogP contribution < -0.4 is 0 Å². The van der Waals surface area contributed by atoms with Gasteiger partial charge in [0.1, 0.15) is 0 Å². The van der Waals surface area contributed by atoms with Crippen molar-refractivity contribution < 1.29 is 31.5 Å². The molecule has 0 radical (unpaired) electrons. The van der Waals surface area contributed by atoms with Crippen molar-refractivity contribution in [1.29, 1.82) is 0 Å². The maximum absolute atomic E-state index is 12.2. The van der Waals surface area contributed by atoms with Gasteiger partial charge in [0.2, 0.25) is 0 Å². The van der Waals surface area contributed by atoms with E-state index < -0.39 is 40.5 Å². The lowest BCUT2D eigenvalue weighted by molar-refractivity contribution is -0.137. The van der Waals surface area contributed by atoms with Gasteiger partial charge in [0.05, 0.1) is 6.42 Å². The highest BCUT2D eigenvalue weighted by atomic mass is 32.2. The normalized spacial score (nSPS) is 13.4. The molecule has 0 fully saturated rings. The number of nitrogens with zero attached hydrogens (tertiary/aromatic N) is 1. The summed E-state index contributed by atoms with van der Waals surface area (Å²) in [5, 5.41) is 8.31. The molecule has 0 aromatic carbocycles. The van der Waals surface area contributed by atoms with Gasteiger partial charge in [-0.05, 0) is 13.8 Å². The van der Waals surface area contributed by atoms with Gasteiger partial charge in [0, 0.05) is 12.6 Å². The molecule has 16 heavy (non-hydrogen) atoms. The molecule has 0 saturated heterocycles. The molecule has 0 unspecified atom stereocenters. The average Bonchev–Trinajstić information content (AvgIpc) is 1.99. The molecule has 0 spiro atoms. The molecule has 0 aliphatic carbocycles. The van der Waals surface area contributed by atoms with Gasteiger partial charge in [-0.15, -0.1) is 0 Å². The minimum Gasteiger partial charge on any atom is -0.481 e. The van der Waals surface area contributed by atoms with Crippen molar-refractivity contribution in [3.05, 3.63) is 0 Å². The first-order chi connectivity index (χ1) is 7.00. The number of carboxylic acids is 1. The Morgan fingerprint density at radius 2 is 1.81 bits per heavy atom. The highest BCUT2D eigenvalue weighted by Gasteiger charge is 2.50. The molecule has 0 atom stereocenters. The standard InChI is InChI=1S/C7H12F3NO4S/c1-5(2)11(4-3-6(12)13)16(14,15)7(8,9)10/h5H,3-4H2,1-2H3,(H,12,13). The number of sulfonamides is 1. The molecule has 0 aromatic heterocycles. The van der Waals surface area contributed by atoms with Gasteiger partial charge >= 0.3 is 21.5 Å². The van der Waals surface area contributed by atoms with Crippen LogP contribution in [-0.2, 0) is 14.8 Å². The van der Waals surface area contributed by atoms with Gasteiger partial charge in [-0.1, -0.05) is 0 Å². The number of halogens is 3. The molecule has 0 aromatic rings. The quantitative estimate of drug-likeness (QED) is 0.803. The fraction of sp³-hybridized carbons (Fsp3) is 0.857. The van der Waals surface area contributed by atoms with Crippen LogP contribution in [0.15, 0.2) is 0 Å². The number of hydrogen-bond donors (Lipinski definition) is 1. The summed E-state index contributed by atoms with van der Waals surface area (Å²) in [7, 11) is -5.46. The van der Waals surface area contributed by atoms with E-state index in [2.05, 4.69) is 0 Å². The Bertz CT molecular complexity index is 349. The monoisotopic (exact) mass is 263 g/mol. The summed E-state index contributed by atoms with van der Waals surface area (Å²) in [4.78, 5) is 10.2. The smallest absolute Gasteiger partial charge is 0.481 e. The van der Waals surface area contributed by atoms with Gasteiger partial charge in [0.25, 0.3) is 0 Å². The summed E-state index contributed by atoms with van der Waals surface area (Å²) in [6, 6.07) is -0.953. The van der Waals surface area contributed by atoms with Crippen molar-refractivity contribution in [2.24, 2.45) is 0 Å². The minimum absolute atomic E-state index is 0.126. The Labute approximate surface area is 90.9 Å². The van der Waals surface area contributed by atoms with Crippen molar-refractivity contribution in [2.45, 2.75) is 31.8 Å².